The van der Waals surface area contributed by atoms with E-state index in [1.807, 2.05) is 65.6 Å². The monoisotopic (exact) mass is 392 g/mol. The van der Waals surface area contributed by atoms with Gasteiger partial charge in [-0.1, -0.05) is 48.5 Å². The minimum atomic E-state index is -0.313. The number of carbonyl (C=O) groups excluding carboxylic acids is 3. The van der Waals surface area contributed by atoms with Crippen molar-refractivity contribution in [3.63, 3.8) is 0 Å². The highest BCUT2D eigenvalue weighted by Gasteiger charge is 2.45. The number of imide groups is 1. The van der Waals surface area contributed by atoms with Crippen LogP contribution < -0.4 is 4.90 Å². The van der Waals surface area contributed by atoms with Gasteiger partial charge in [0, 0.05) is 12.1 Å². The Morgan fingerprint density at radius 1 is 0.931 bits per heavy atom. The van der Waals surface area contributed by atoms with E-state index in [1.54, 1.807) is 0 Å². The van der Waals surface area contributed by atoms with Crippen LogP contribution in [0.2, 0.25) is 0 Å². The van der Waals surface area contributed by atoms with E-state index in [2.05, 4.69) is 0 Å². The van der Waals surface area contributed by atoms with E-state index in [0.717, 1.165) is 10.5 Å². The molecule has 1 N–H and O–H groups in total. The van der Waals surface area contributed by atoms with Crippen molar-refractivity contribution in [1.29, 1.82) is 0 Å². The number of hydrogen-bond acceptors (Lipinski definition) is 3. The van der Waals surface area contributed by atoms with Crippen LogP contribution in [0.15, 0.2) is 60.7 Å². The number of hydrogen-bond donors (Lipinski definition) is 1. The first-order valence-electron chi connectivity index (χ1n) is 10.2. The maximum Gasteiger partial charge on any atom is 0.288 e. The van der Waals surface area contributed by atoms with Gasteiger partial charge in [-0.05, 0) is 24.1 Å². The topological polar surface area (TPSA) is 62.1 Å². The summed E-state index contributed by atoms with van der Waals surface area (Å²) >= 11 is 0. The van der Waals surface area contributed by atoms with Crippen molar-refractivity contribution in [2.45, 2.75) is 18.9 Å². The van der Waals surface area contributed by atoms with Gasteiger partial charge in [-0.3, -0.25) is 19.3 Å². The van der Waals surface area contributed by atoms with Crippen LogP contribution in [0.5, 0.6) is 0 Å². The molecule has 0 radical (unpaired) electrons. The number of rotatable bonds is 5. The minimum absolute atomic E-state index is 0.0305. The van der Waals surface area contributed by atoms with Crippen molar-refractivity contribution in [1.82, 2.24) is 9.80 Å². The molecule has 6 nitrogen and oxygen atoms in total. The lowest BCUT2D eigenvalue weighted by Crippen LogP contribution is -3.19. The molecular weight excluding hydrogens is 366 g/mol. The quantitative estimate of drug-likeness (QED) is 0.750. The third-order valence-corrected chi connectivity index (χ3v) is 5.92. The molecule has 2 aliphatic rings. The normalized spacial score (nSPS) is 20.3. The number of likely N-dealkylation sites (tertiary alicyclic amines) is 1. The van der Waals surface area contributed by atoms with Gasteiger partial charge in [0.15, 0.2) is 6.04 Å². The van der Waals surface area contributed by atoms with Gasteiger partial charge in [0.1, 0.15) is 0 Å². The summed E-state index contributed by atoms with van der Waals surface area (Å²) in [7, 11) is 0. The zero-order chi connectivity index (χ0) is 20.2. The average molecular weight is 392 g/mol. The van der Waals surface area contributed by atoms with E-state index in [0.29, 0.717) is 44.7 Å². The third-order valence-electron chi connectivity index (χ3n) is 5.92. The van der Waals surface area contributed by atoms with Crippen LogP contribution in [0, 0.1) is 0 Å². The molecule has 150 valence electrons. The SMILES string of the molecule is O=C(c1ccccc1)N1CC[NH+]([C@@H]2CC(=O)N(CCc3ccccc3)C2=O)CC1. The first-order chi connectivity index (χ1) is 14.1. The molecule has 2 aliphatic heterocycles. The predicted octanol–water partition coefficient (Wildman–Crippen LogP) is 0.398. The van der Waals surface area contributed by atoms with E-state index >= 15 is 0 Å². The molecule has 2 saturated heterocycles. The zero-order valence-electron chi connectivity index (χ0n) is 16.4. The van der Waals surface area contributed by atoms with Gasteiger partial charge < -0.3 is 9.80 Å². The summed E-state index contributed by atoms with van der Waals surface area (Å²) in [6.07, 6.45) is 0.954. The highest BCUT2D eigenvalue weighted by Crippen LogP contribution is 2.13. The summed E-state index contributed by atoms with van der Waals surface area (Å²) in [5.74, 6) is -0.113. The number of amides is 3. The fourth-order valence-corrected chi connectivity index (χ4v) is 4.23. The predicted molar refractivity (Wildman–Crippen MR) is 108 cm³/mol. The summed E-state index contributed by atoms with van der Waals surface area (Å²) < 4.78 is 0. The molecule has 0 unspecified atom stereocenters. The first kappa shape index (κ1) is 19.3. The average Bonchev–Trinajstić information content (AvgIpc) is 3.06. The molecule has 2 heterocycles. The summed E-state index contributed by atoms with van der Waals surface area (Å²) in [6.45, 7) is 3.02. The van der Waals surface area contributed by atoms with Crippen molar-refractivity contribution in [3.05, 3.63) is 71.8 Å². The van der Waals surface area contributed by atoms with E-state index in [-0.39, 0.29) is 30.2 Å². The van der Waals surface area contributed by atoms with Gasteiger partial charge >= 0.3 is 0 Å². The second-order valence-electron chi connectivity index (χ2n) is 7.69. The van der Waals surface area contributed by atoms with Crippen LogP contribution in [0.1, 0.15) is 22.3 Å². The molecule has 3 amide bonds. The van der Waals surface area contributed by atoms with E-state index in [4.69, 9.17) is 0 Å². The van der Waals surface area contributed by atoms with Gasteiger partial charge in [-0.2, -0.15) is 0 Å². The maximum atomic E-state index is 12.9. The van der Waals surface area contributed by atoms with Gasteiger partial charge in [0.05, 0.1) is 32.6 Å². The van der Waals surface area contributed by atoms with Crippen LogP contribution in [-0.2, 0) is 16.0 Å². The highest BCUT2D eigenvalue weighted by molar-refractivity contribution is 6.04. The van der Waals surface area contributed by atoms with Crippen molar-refractivity contribution >= 4 is 17.7 Å². The maximum absolute atomic E-state index is 12.9. The van der Waals surface area contributed by atoms with Crippen molar-refractivity contribution in [3.8, 4) is 0 Å². The standard InChI is InChI=1S/C23H25N3O3/c27-21-17-20(23(29)26(21)12-11-18-7-3-1-4-8-18)24-13-15-25(16-14-24)22(28)19-9-5-2-6-10-19/h1-10,20H,11-17H2/p+1/t20-/m1/s1. The Balaban J connectivity index is 1.32. The van der Waals surface area contributed by atoms with Crippen LogP contribution in [0.4, 0.5) is 0 Å². The molecule has 0 saturated carbocycles. The second kappa shape index (κ2) is 8.57. The van der Waals surface area contributed by atoms with E-state index in [1.165, 1.54) is 4.90 Å². The molecule has 2 aromatic carbocycles. The van der Waals surface area contributed by atoms with Gasteiger partial charge in [-0.15, -0.1) is 0 Å². The molecular formula is C23H26N3O3+. The van der Waals surface area contributed by atoms with Crippen LogP contribution in [0.25, 0.3) is 0 Å². The molecule has 0 spiro atoms. The van der Waals surface area contributed by atoms with Crippen molar-refractivity contribution in [2.75, 3.05) is 32.7 Å². The fourth-order valence-electron chi connectivity index (χ4n) is 4.23. The Morgan fingerprint density at radius 2 is 1.55 bits per heavy atom. The molecule has 6 heteroatoms. The number of benzene rings is 2. The van der Waals surface area contributed by atoms with Crippen LogP contribution >= 0.6 is 0 Å². The highest BCUT2D eigenvalue weighted by atomic mass is 16.2. The smallest absolute Gasteiger partial charge is 0.288 e. The lowest BCUT2D eigenvalue weighted by Gasteiger charge is -2.34. The molecule has 2 fully saturated rings. The summed E-state index contributed by atoms with van der Waals surface area (Å²) in [4.78, 5) is 42.3. The van der Waals surface area contributed by atoms with Gasteiger partial charge in [0.2, 0.25) is 5.91 Å². The van der Waals surface area contributed by atoms with E-state index < -0.39 is 0 Å². The third kappa shape index (κ3) is 4.22. The minimum Gasteiger partial charge on any atom is -0.327 e. The first-order valence-corrected chi connectivity index (χ1v) is 10.2. The Bertz CT molecular complexity index is 877. The van der Waals surface area contributed by atoms with Gasteiger partial charge in [-0.25, -0.2) is 0 Å². The Morgan fingerprint density at radius 3 is 2.21 bits per heavy atom. The van der Waals surface area contributed by atoms with Crippen molar-refractivity contribution < 1.29 is 19.3 Å². The Labute approximate surface area is 170 Å². The Hall–Kier alpha value is -2.99. The lowest BCUT2D eigenvalue weighted by atomic mass is 10.1. The summed E-state index contributed by atoms with van der Waals surface area (Å²) in [5, 5.41) is 0. The fraction of sp³-hybridized carbons (Fsp3) is 0.348. The van der Waals surface area contributed by atoms with Crippen molar-refractivity contribution in [2.24, 2.45) is 0 Å². The summed E-state index contributed by atoms with van der Waals surface area (Å²) in [6, 6.07) is 18.9. The largest absolute Gasteiger partial charge is 0.327 e. The number of quaternary nitrogens is 1. The second-order valence-corrected chi connectivity index (χ2v) is 7.69. The molecule has 1 atom stereocenters. The molecule has 2 aromatic rings. The number of nitrogens with one attached hydrogen (secondary N) is 1. The molecule has 0 aliphatic carbocycles. The van der Waals surface area contributed by atoms with Crippen LogP contribution in [-0.4, -0.2) is 66.3 Å². The molecule has 0 aromatic heterocycles. The molecule has 4 rings (SSSR count). The van der Waals surface area contributed by atoms with Crippen LogP contribution in [0.3, 0.4) is 0 Å². The number of nitrogens with zero attached hydrogens (tertiary/aromatic N) is 2. The number of carbonyl (C=O) groups is 3. The summed E-state index contributed by atoms with van der Waals surface area (Å²) in [5.41, 5.74) is 1.81. The number of piperazine rings is 1. The molecule has 29 heavy (non-hydrogen) atoms. The van der Waals surface area contributed by atoms with E-state index in [9.17, 15) is 14.4 Å². The van der Waals surface area contributed by atoms with Gasteiger partial charge in [0.25, 0.3) is 11.8 Å². The molecule has 0 bridgehead atoms. The Kier molecular flexibility index (Phi) is 5.71. The lowest BCUT2D eigenvalue weighted by molar-refractivity contribution is -0.918. The zero-order valence-corrected chi connectivity index (χ0v) is 16.4.